The summed E-state index contributed by atoms with van der Waals surface area (Å²) in [4.78, 5) is 13.0. The predicted octanol–water partition coefficient (Wildman–Crippen LogP) is 3.22. The molecule has 0 saturated heterocycles. The van der Waals surface area contributed by atoms with Crippen molar-refractivity contribution < 1.29 is 0 Å². The number of hydrogen-bond donors (Lipinski definition) is 1. The smallest absolute Gasteiger partial charge is 0.150 e. The lowest BCUT2D eigenvalue weighted by Gasteiger charge is -2.05. The van der Waals surface area contributed by atoms with Crippen LogP contribution in [0.3, 0.4) is 0 Å². The van der Waals surface area contributed by atoms with Crippen LogP contribution in [-0.4, -0.2) is 15.0 Å². The fraction of sp³-hybridized carbons (Fsp3) is 0.100. The molecule has 4 nitrogen and oxygen atoms in total. The predicted molar refractivity (Wildman–Crippen MR) is 69.6 cm³/mol. The number of nitrogens with zero attached hydrogens (tertiary/aromatic N) is 3. The minimum Gasteiger partial charge on any atom is -0.382 e. The van der Waals surface area contributed by atoms with Crippen molar-refractivity contribution in [2.75, 3.05) is 5.73 Å². The van der Waals surface area contributed by atoms with E-state index in [1.807, 2.05) is 0 Å². The van der Waals surface area contributed by atoms with Crippen LogP contribution in [0.5, 0.6) is 0 Å². The van der Waals surface area contributed by atoms with Crippen molar-refractivity contribution >= 4 is 40.8 Å². The van der Waals surface area contributed by atoms with E-state index in [9.17, 15) is 0 Å². The van der Waals surface area contributed by atoms with Gasteiger partial charge in [-0.15, -0.1) is 0 Å². The van der Waals surface area contributed by atoms with Gasteiger partial charge < -0.3 is 5.73 Å². The zero-order chi connectivity index (χ0) is 12.4. The molecule has 0 aliphatic heterocycles. The monoisotopic (exact) mass is 286 g/mol. The van der Waals surface area contributed by atoms with Crippen molar-refractivity contribution in [1.82, 2.24) is 15.0 Å². The lowest BCUT2D eigenvalue weighted by Crippen LogP contribution is -1.93. The molecule has 0 bridgehead atoms. The summed E-state index contributed by atoms with van der Waals surface area (Å²) in [5.74, 6) is 0.301. The Bertz CT molecular complexity index is 562. The molecule has 17 heavy (non-hydrogen) atoms. The van der Waals surface area contributed by atoms with Crippen LogP contribution in [0.2, 0.25) is 10.2 Å². The summed E-state index contributed by atoms with van der Waals surface area (Å²) in [6.45, 7) is 1.79. The Kier molecular flexibility index (Phi) is 3.71. The molecular formula is C10H8Cl2N4S. The van der Waals surface area contributed by atoms with Gasteiger partial charge in [-0.1, -0.05) is 35.0 Å². The molecule has 88 valence electrons. The Morgan fingerprint density at radius 3 is 2.76 bits per heavy atom. The third kappa shape index (κ3) is 2.80. The first-order chi connectivity index (χ1) is 8.08. The van der Waals surface area contributed by atoms with Gasteiger partial charge in [-0.2, -0.15) is 0 Å². The van der Waals surface area contributed by atoms with Gasteiger partial charge in [0.25, 0.3) is 0 Å². The van der Waals surface area contributed by atoms with Crippen LogP contribution in [0.15, 0.2) is 28.4 Å². The Labute approximate surface area is 113 Å². The molecule has 0 amide bonds. The normalized spacial score (nSPS) is 10.5. The summed E-state index contributed by atoms with van der Waals surface area (Å²) < 4.78 is 0. The summed E-state index contributed by atoms with van der Waals surface area (Å²) >= 11 is 13.2. The highest BCUT2D eigenvalue weighted by Crippen LogP contribution is 2.34. The molecule has 2 heterocycles. The van der Waals surface area contributed by atoms with Gasteiger partial charge in [0.05, 0.1) is 16.9 Å². The number of aromatic nitrogens is 3. The van der Waals surface area contributed by atoms with Crippen LogP contribution in [0.4, 0.5) is 5.82 Å². The maximum Gasteiger partial charge on any atom is 0.150 e. The highest BCUT2D eigenvalue weighted by atomic mass is 35.5. The molecule has 0 aliphatic carbocycles. The first-order valence-corrected chi connectivity index (χ1v) is 6.22. The molecule has 0 radical (unpaired) electrons. The molecule has 2 aromatic heterocycles. The number of rotatable bonds is 2. The maximum atomic E-state index is 6.03. The molecule has 2 aromatic rings. The van der Waals surface area contributed by atoms with Crippen LogP contribution >= 0.6 is 35.0 Å². The van der Waals surface area contributed by atoms with E-state index in [-0.39, 0.29) is 0 Å². The summed E-state index contributed by atoms with van der Waals surface area (Å²) in [6.07, 6.45) is 3.19. The van der Waals surface area contributed by atoms with Crippen molar-refractivity contribution in [1.29, 1.82) is 0 Å². The van der Waals surface area contributed by atoms with Gasteiger partial charge in [0, 0.05) is 11.1 Å². The number of pyridine rings is 1. The molecule has 0 saturated carbocycles. The molecule has 0 aromatic carbocycles. The number of aryl methyl sites for hydroxylation is 1. The molecular weight excluding hydrogens is 279 g/mol. The Balaban J connectivity index is 2.31. The second-order valence-electron chi connectivity index (χ2n) is 3.19. The van der Waals surface area contributed by atoms with Crippen molar-refractivity contribution in [2.24, 2.45) is 0 Å². The summed E-state index contributed by atoms with van der Waals surface area (Å²) in [7, 11) is 0. The SMILES string of the molecule is Cc1nc(Sc2ccnc(N)c2Cl)cnc1Cl. The van der Waals surface area contributed by atoms with Crippen molar-refractivity contribution in [3.8, 4) is 0 Å². The number of nitrogen functional groups attached to an aromatic ring is 1. The van der Waals surface area contributed by atoms with Crippen molar-refractivity contribution in [3.05, 3.63) is 34.3 Å². The third-order valence-corrected chi connectivity index (χ3v) is 3.81. The average molecular weight is 287 g/mol. The van der Waals surface area contributed by atoms with Gasteiger partial charge in [0.2, 0.25) is 0 Å². The lowest BCUT2D eigenvalue weighted by molar-refractivity contribution is 0.999. The van der Waals surface area contributed by atoms with Crippen molar-refractivity contribution in [2.45, 2.75) is 16.8 Å². The first kappa shape index (κ1) is 12.4. The van der Waals surface area contributed by atoms with Crippen LogP contribution < -0.4 is 5.73 Å². The Morgan fingerprint density at radius 2 is 2.06 bits per heavy atom. The first-order valence-electron chi connectivity index (χ1n) is 4.65. The fourth-order valence-corrected chi connectivity index (χ4v) is 2.28. The average Bonchev–Trinajstić information content (AvgIpc) is 2.30. The van der Waals surface area contributed by atoms with E-state index < -0.39 is 0 Å². The maximum absolute atomic E-state index is 6.03. The lowest BCUT2D eigenvalue weighted by atomic mass is 10.5. The van der Waals surface area contributed by atoms with Crippen LogP contribution in [0.1, 0.15) is 5.69 Å². The van der Waals surface area contributed by atoms with Gasteiger partial charge in [-0.05, 0) is 13.0 Å². The Hall–Kier alpha value is -1.04. The number of anilines is 1. The summed E-state index contributed by atoms with van der Waals surface area (Å²) in [6, 6.07) is 1.77. The van der Waals surface area contributed by atoms with E-state index >= 15 is 0 Å². The minimum atomic E-state index is 0.301. The number of nitrogens with two attached hydrogens (primary N) is 1. The quantitative estimate of drug-likeness (QED) is 0.918. The van der Waals surface area contributed by atoms with E-state index in [1.165, 1.54) is 11.8 Å². The fourth-order valence-electron chi connectivity index (χ4n) is 1.13. The van der Waals surface area contributed by atoms with E-state index in [1.54, 1.807) is 25.4 Å². The second-order valence-corrected chi connectivity index (χ2v) is 4.99. The van der Waals surface area contributed by atoms with Gasteiger partial charge in [0.15, 0.2) is 0 Å². The molecule has 0 spiro atoms. The highest BCUT2D eigenvalue weighted by molar-refractivity contribution is 7.99. The minimum absolute atomic E-state index is 0.301. The van der Waals surface area contributed by atoms with E-state index in [0.717, 1.165) is 4.90 Å². The standard InChI is InChI=1S/C10H8Cl2N4S/c1-5-9(12)15-4-7(16-5)17-6-2-3-14-10(13)8(6)11/h2-4H,1H3,(H2,13,14). The zero-order valence-corrected chi connectivity index (χ0v) is 11.1. The van der Waals surface area contributed by atoms with E-state index in [4.69, 9.17) is 28.9 Å². The number of halogens is 2. The topological polar surface area (TPSA) is 64.7 Å². The van der Waals surface area contributed by atoms with E-state index in [2.05, 4.69) is 15.0 Å². The van der Waals surface area contributed by atoms with Crippen LogP contribution in [0.25, 0.3) is 0 Å². The second kappa shape index (κ2) is 5.08. The van der Waals surface area contributed by atoms with Gasteiger partial charge in [-0.25, -0.2) is 15.0 Å². The summed E-state index contributed by atoms with van der Waals surface area (Å²) in [5, 5.41) is 1.53. The molecule has 2 rings (SSSR count). The Morgan fingerprint density at radius 1 is 1.29 bits per heavy atom. The van der Waals surface area contributed by atoms with Gasteiger partial charge in [0.1, 0.15) is 16.0 Å². The molecule has 0 atom stereocenters. The van der Waals surface area contributed by atoms with Crippen molar-refractivity contribution in [3.63, 3.8) is 0 Å². The zero-order valence-electron chi connectivity index (χ0n) is 8.82. The van der Waals surface area contributed by atoms with Crippen LogP contribution in [0, 0.1) is 6.92 Å². The molecule has 0 unspecified atom stereocenters. The summed E-state index contributed by atoms with van der Waals surface area (Å²) in [5.41, 5.74) is 6.29. The van der Waals surface area contributed by atoms with Gasteiger partial charge >= 0.3 is 0 Å². The number of hydrogen-bond acceptors (Lipinski definition) is 5. The largest absolute Gasteiger partial charge is 0.382 e. The molecule has 7 heteroatoms. The molecule has 0 aliphatic rings. The van der Waals surface area contributed by atoms with Crippen LogP contribution in [-0.2, 0) is 0 Å². The van der Waals surface area contributed by atoms with Gasteiger partial charge in [-0.3, -0.25) is 0 Å². The molecule has 0 fully saturated rings. The molecule has 2 N–H and O–H groups in total. The third-order valence-electron chi connectivity index (χ3n) is 1.96. The van der Waals surface area contributed by atoms with E-state index in [0.29, 0.717) is 26.7 Å². The highest BCUT2D eigenvalue weighted by Gasteiger charge is 2.08.